The third kappa shape index (κ3) is 6.89. The van der Waals surface area contributed by atoms with Crippen LogP contribution >= 0.6 is 23.5 Å². The van der Waals surface area contributed by atoms with Gasteiger partial charge < -0.3 is 22.1 Å². The van der Waals surface area contributed by atoms with Crippen LogP contribution in [0.15, 0.2) is 82.8 Å². The fourth-order valence-electron chi connectivity index (χ4n) is 5.84. The smallest absolute Gasteiger partial charge is 0.223 e. The number of hydrogen-bond donors (Lipinski definition) is 4. The Bertz CT molecular complexity index is 1310. The summed E-state index contributed by atoms with van der Waals surface area (Å²) in [4.78, 5) is 19.8. The van der Waals surface area contributed by atoms with E-state index in [2.05, 4.69) is 97.3 Å². The Hall–Kier alpha value is -3.18. The first-order chi connectivity index (χ1) is 20.7. The Labute approximate surface area is 257 Å². The first-order valence-corrected chi connectivity index (χ1v) is 16.6. The summed E-state index contributed by atoms with van der Waals surface area (Å²) >= 11 is 3.35. The lowest BCUT2D eigenvalue weighted by Crippen LogP contribution is -2.41. The summed E-state index contributed by atoms with van der Waals surface area (Å²) in [5.74, 6) is 3.48. The molecule has 2 aromatic heterocycles. The summed E-state index contributed by atoms with van der Waals surface area (Å²) in [5, 5.41) is 8.61. The minimum Gasteiger partial charge on any atom is -0.354 e. The fraction of sp³-hybridized carbons (Fsp3) is 0.375. The Balaban J connectivity index is 1.68. The number of benzene rings is 2. The van der Waals surface area contributed by atoms with Gasteiger partial charge in [0.2, 0.25) is 11.9 Å². The molecule has 0 saturated heterocycles. The fourth-order valence-corrected chi connectivity index (χ4v) is 7.20. The Morgan fingerprint density at radius 2 is 1.00 bits per heavy atom. The summed E-state index contributed by atoms with van der Waals surface area (Å²) in [6, 6.07) is 25.9. The maximum absolute atomic E-state index is 5.86. The molecule has 0 amide bonds. The van der Waals surface area contributed by atoms with Gasteiger partial charge in [-0.1, -0.05) is 60.7 Å². The molecule has 0 aliphatic heterocycles. The van der Waals surface area contributed by atoms with E-state index in [-0.39, 0.29) is 23.7 Å². The first-order valence-electron chi connectivity index (χ1n) is 14.7. The second kappa shape index (κ2) is 14.8. The molecule has 1 fully saturated rings. The third-order valence-electron chi connectivity index (χ3n) is 7.45. The van der Waals surface area contributed by atoms with E-state index in [1.807, 2.05) is 0 Å². The monoisotopic (exact) mass is 600 g/mol. The maximum Gasteiger partial charge on any atom is 0.223 e. The lowest BCUT2D eigenvalue weighted by atomic mass is 9.50. The van der Waals surface area contributed by atoms with E-state index < -0.39 is 0 Å². The van der Waals surface area contributed by atoms with Crippen LogP contribution in [-0.4, -0.2) is 57.6 Å². The van der Waals surface area contributed by atoms with Gasteiger partial charge in [-0.25, -0.2) is 19.9 Å². The number of aromatic nitrogens is 4. The largest absolute Gasteiger partial charge is 0.354 e. The molecule has 0 unspecified atom stereocenters. The van der Waals surface area contributed by atoms with Crippen molar-refractivity contribution in [3.8, 4) is 0 Å². The zero-order valence-corrected chi connectivity index (χ0v) is 25.9. The van der Waals surface area contributed by atoms with Crippen molar-refractivity contribution in [2.24, 2.45) is 11.5 Å². The molecule has 2 heterocycles. The Kier molecular flexibility index (Phi) is 10.7. The summed E-state index contributed by atoms with van der Waals surface area (Å²) in [6.07, 6.45) is 0. The van der Waals surface area contributed by atoms with Crippen molar-refractivity contribution in [2.45, 2.75) is 47.6 Å². The standard InChI is InChI=1S/C32H40N8S2/c1-3-35-31-37-23(19-25(39-31)41-17-15-33)29-27(21-11-7-5-8-12-21)30(28(29)22-13-9-6-10-14-22)24-20-26(42-18-16-34)40-32(38-24)36-4-2/h5-14,19-20,27-30H,3-4,15-18,33-34H2,1-2H3,(H,35,37,39)(H,36,38,40). The van der Waals surface area contributed by atoms with Gasteiger partial charge in [0, 0.05) is 61.4 Å². The molecule has 0 atom stereocenters. The van der Waals surface area contributed by atoms with Crippen LogP contribution in [0.1, 0.15) is 60.0 Å². The van der Waals surface area contributed by atoms with Crippen LogP contribution in [0.3, 0.4) is 0 Å². The average Bonchev–Trinajstić information content (AvgIpc) is 3.00. The summed E-state index contributed by atoms with van der Waals surface area (Å²) < 4.78 is 0. The van der Waals surface area contributed by atoms with E-state index in [0.717, 1.165) is 46.0 Å². The van der Waals surface area contributed by atoms with Crippen molar-refractivity contribution >= 4 is 35.4 Å². The van der Waals surface area contributed by atoms with Crippen LogP contribution in [0.4, 0.5) is 11.9 Å². The van der Waals surface area contributed by atoms with Crippen molar-refractivity contribution in [2.75, 3.05) is 48.3 Å². The summed E-state index contributed by atoms with van der Waals surface area (Å²) in [5.41, 5.74) is 16.3. The molecule has 0 spiro atoms. The molecule has 1 aliphatic rings. The molecule has 10 heteroatoms. The minimum absolute atomic E-state index is 0.120. The number of rotatable bonds is 14. The minimum atomic E-state index is 0.120. The van der Waals surface area contributed by atoms with E-state index in [9.17, 15) is 0 Å². The molecule has 42 heavy (non-hydrogen) atoms. The summed E-state index contributed by atoms with van der Waals surface area (Å²) in [6.45, 7) is 6.83. The number of nitrogens with two attached hydrogens (primary N) is 2. The SMILES string of the molecule is CCNc1nc(SCCN)cc(C2C(c3ccccc3)C(c3cc(SCCN)nc(NCC)n3)C2c2ccccc2)n1. The van der Waals surface area contributed by atoms with Crippen molar-refractivity contribution in [3.63, 3.8) is 0 Å². The lowest BCUT2D eigenvalue weighted by molar-refractivity contribution is 0.219. The Morgan fingerprint density at radius 3 is 1.36 bits per heavy atom. The van der Waals surface area contributed by atoms with Gasteiger partial charge in [0.25, 0.3) is 0 Å². The van der Waals surface area contributed by atoms with Gasteiger partial charge in [-0.2, -0.15) is 0 Å². The second-order valence-electron chi connectivity index (χ2n) is 10.2. The zero-order valence-electron chi connectivity index (χ0n) is 24.2. The molecule has 0 radical (unpaired) electrons. The van der Waals surface area contributed by atoms with Gasteiger partial charge in [-0.15, -0.1) is 23.5 Å². The number of anilines is 2. The predicted molar refractivity (Wildman–Crippen MR) is 176 cm³/mol. The van der Waals surface area contributed by atoms with Crippen LogP contribution in [0.2, 0.25) is 0 Å². The highest BCUT2D eigenvalue weighted by Crippen LogP contribution is 2.66. The molecule has 1 aliphatic carbocycles. The van der Waals surface area contributed by atoms with Crippen LogP contribution < -0.4 is 22.1 Å². The molecule has 6 N–H and O–H groups in total. The van der Waals surface area contributed by atoms with Crippen molar-refractivity contribution < 1.29 is 0 Å². The van der Waals surface area contributed by atoms with Crippen molar-refractivity contribution in [1.29, 1.82) is 0 Å². The van der Waals surface area contributed by atoms with Gasteiger partial charge in [0.15, 0.2) is 0 Å². The molecule has 4 aromatic rings. The van der Waals surface area contributed by atoms with Crippen LogP contribution in [0.25, 0.3) is 0 Å². The molecule has 0 bridgehead atoms. The molecule has 5 rings (SSSR count). The van der Waals surface area contributed by atoms with Gasteiger partial charge in [-0.05, 0) is 37.1 Å². The van der Waals surface area contributed by atoms with Crippen molar-refractivity contribution in [1.82, 2.24) is 19.9 Å². The van der Waals surface area contributed by atoms with E-state index in [1.165, 1.54) is 11.1 Å². The molecule has 8 nitrogen and oxygen atoms in total. The number of nitrogens with zero attached hydrogens (tertiary/aromatic N) is 4. The highest BCUT2D eigenvalue weighted by Gasteiger charge is 2.54. The molecular weight excluding hydrogens is 561 g/mol. The molecule has 220 valence electrons. The predicted octanol–water partition coefficient (Wildman–Crippen LogP) is 5.68. The highest BCUT2D eigenvalue weighted by molar-refractivity contribution is 7.99. The van der Waals surface area contributed by atoms with E-state index in [0.29, 0.717) is 25.0 Å². The molecule has 1 saturated carbocycles. The average molecular weight is 601 g/mol. The van der Waals surface area contributed by atoms with E-state index in [1.54, 1.807) is 23.5 Å². The van der Waals surface area contributed by atoms with Gasteiger partial charge in [0.05, 0.1) is 11.4 Å². The van der Waals surface area contributed by atoms with Crippen LogP contribution in [0.5, 0.6) is 0 Å². The van der Waals surface area contributed by atoms with Crippen LogP contribution in [-0.2, 0) is 0 Å². The molecular formula is C32H40N8S2. The normalized spacial score (nSPS) is 19.7. The number of nitrogens with one attached hydrogen (secondary N) is 2. The first kappa shape index (κ1) is 30.3. The second-order valence-corrected chi connectivity index (χ2v) is 12.4. The maximum atomic E-state index is 5.86. The molecule has 2 aromatic carbocycles. The third-order valence-corrected chi connectivity index (χ3v) is 9.34. The number of thioether (sulfide) groups is 2. The zero-order chi connectivity index (χ0) is 29.3. The number of hydrogen-bond acceptors (Lipinski definition) is 10. The van der Waals surface area contributed by atoms with E-state index in [4.69, 9.17) is 31.4 Å². The summed E-state index contributed by atoms with van der Waals surface area (Å²) in [7, 11) is 0. The topological polar surface area (TPSA) is 128 Å². The van der Waals surface area contributed by atoms with E-state index >= 15 is 0 Å². The van der Waals surface area contributed by atoms with Crippen LogP contribution in [0, 0.1) is 0 Å². The quantitative estimate of drug-likeness (QED) is 0.106. The van der Waals surface area contributed by atoms with Gasteiger partial charge in [0.1, 0.15) is 10.1 Å². The van der Waals surface area contributed by atoms with Gasteiger partial charge >= 0.3 is 0 Å². The van der Waals surface area contributed by atoms with Gasteiger partial charge in [-0.3, -0.25) is 0 Å². The van der Waals surface area contributed by atoms with Crippen molar-refractivity contribution in [3.05, 3.63) is 95.3 Å². The Morgan fingerprint density at radius 1 is 0.595 bits per heavy atom. The highest BCUT2D eigenvalue weighted by atomic mass is 32.2. The lowest BCUT2D eigenvalue weighted by Gasteiger charge is -2.52.